The second-order valence-corrected chi connectivity index (χ2v) is 7.21. The van der Waals surface area contributed by atoms with Crippen molar-refractivity contribution in [3.8, 4) is 0 Å². The number of carbonyl (C=O) groups is 3. The minimum absolute atomic E-state index is 0.241. The van der Waals surface area contributed by atoms with Gasteiger partial charge in [-0.05, 0) is 43.7 Å². The summed E-state index contributed by atoms with van der Waals surface area (Å²) in [7, 11) is 3.95. The van der Waals surface area contributed by atoms with Crippen LogP contribution in [0.5, 0.6) is 0 Å². The molecule has 0 unspecified atom stereocenters. The van der Waals surface area contributed by atoms with E-state index in [2.05, 4.69) is 0 Å². The average molecular weight is 379 g/mol. The topological polar surface area (TPSA) is 60.9 Å². The van der Waals surface area contributed by atoms with Crippen molar-refractivity contribution < 1.29 is 14.4 Å². The Hall–Kier alpha value is -3.15. The highest BCUT2D eigenvalue weighted by molar-refractivity contribution is 6.22. The number of likely N-dealkylation sites (N-methyl/N-ethyl adjacent to an activating group) is 1. The van der Waals surface area contributed by atoms with Gasteiger partial charge < -0.3 is 9.80 Å². The molecular formula is C22H25N3O3. The van der Waals surface area contributed by atoms with E-state index in [-0.39, 0.29) is 12.5 Å². The molecule has 0 saturated carbocycles. The number of aryl methyl sites for hydroxylation is 1. The van der Waals surface area contributed by atoms with Crippen LogP contribution in [0.2, 0.25) is 0 Å². The monoisotopic (exact) mass is 379 g/mol. The molecule has 28 heavy (non-hydrogen) atoms. The van der Waals surface area contributed by atoms with Crippen molar-refractivity contribution in [2.45, 2.75) is 20.4 Å². The van der Waals surface area contributed by atoms with Gasteiger partial charge in [0.05, 0.1) is 11.1 Å². The minimum Gasteiger partial charge on any atom is -0.378 e. The number of hydrogen-bond acceptors (Lipinski definition) is 4. The van der Waals surface area contributed by atoms with Crippen LogP contribution >= 0.6 is 0 Å². The van der Waals surface area contributed by atoms with Crippen molar-refractivity contribution in [3.63, 3.8) is 0 Å². The summed E-state index contributed by atoms with van der Waals surface area (Å²) in [4.78, 5) is 42.6. The number of nitrogens with zero attached hydrogens (tertiary/aromatic N) is 3. The van der Waals surface area contributed by atoms with Gasteiger partial charge in [0.25, 0.3) is 11.8 Å². The predicted octanol–water partition coefficient (Wildman–Crippen LogP) is 2.71. The highest BCUT2D eigenvalue weighted by Gasteiger charge is 2.37. The maximum Gasteiger partial charge on any atom is 0.262 e. The van der Waals surface area contributed by atoms with Gasteiger partial charge in [0.1, 0.15) is 6.54 Å². The molecule has 0 aliphatic carbocycles. The third-order valence-corrected chi connectivity index (χ3v) is 4.98. The number of rotatable bonds is 6. The summed E-state index contributed by atoms with van der Waals surface area (Å²) < 4.78 is 0. The number of hydrogen-bond donors (Lipinski definition) is 0. The van der Waals surface area contributed by atoms with Crippen molar-refractivity contribution in [2.75, 3.05) is 32.1 Å². The van der Waals surface area contributed by atoms with Crippen LogP contribution in [-0.2, 0) is 11.3 Å². The van der Waals surface area contributed by atoms with E-state index in [1.165, 1.54) is 0 Å². The first-order valence-corrected chi connectivity index (χ1v) is 9.32. The van der Waals surface area contributed by atoms with Crippen LogP contribution < -0.4 is 4.90 Å². The molecule has 0 bridgehead atoms. The average Bonchev–Trinajstić information content (AvgIpc) is 2.90. The number of fused-ring (bicyclic) bond motifs is 1. The normalized spacial score (nSPS) is 12.9. The molecule has 0 spiro atoms. The fraction of sp³-hybridized carbons (Fsp3) is 0.318. The molecule has 1 heterocycles. The number of amides is 3. The van der Waals surface area contributed by atoms with Gasteiger partial charge in [-0.2, -0.15) is 0 Å². The Bertz CT molecular complexity index is 919. The van der Waals surface area contributed by atoms with Crippen LogP contribution in [0.25, 0.3) is 0 Å². The quantitative estimate of drug-likeness (QED) is 0.724. The summed E-state index contributed by atoms with van der Waals surface area (Å²) in [5, 5.41) is 0. The van der Waals surface area contributed by atoms with Gasteiger partial charge in [0.2, 0.25) is 5.91 Å². The largest absolute Gasteiger partial charge is 0.378 e. The van der Waals surface area contributed by atoms with Crippen LogP contribution in [0.4, 0.5) is 5.69 Å². The zero-order valence-corrected chi connectivity index (χ0v) is 16.7. The molecule has 6 nitrogen and oxygen atoms in total. The maximum absolute atomic E-state index is 12.8. The van der Waals surface area contributed by atoms with E-state index in [9.17, 15) is 14.4 Å². The van der Waals surface area contributed by atoms with Crippen molar-refractivity contribution >= 4 is 23.4 Å². The summed E-state index contributed by atoms with van der Waals surface area (Å²) in [6.45, 7) is 4.45. The Morgan fingerprint density at radius 3 is 2.21 bits per heavy atom. The van der Waals surface area contributed by atoms with E-state index >= 15 is 0 Å². The Kier molecular flexibility index (Phi) is 5.49. The van der Waals surface area contributed by atoms with Crippen molar-refractivity contribution in [1.29, 1.82) is 0 Å². The molecule has 0 radical (unpaired) electrons. The van der Waals surface area contributed by atoms with Crippen molar-refractivity contribution in [3.05, 3.63) is 64.7 Å². The standard InChI is InChI=1S/C22H25N3O3/c1-5-24(13-16-7-9-17(10-8-16)23(3)4)20(26)14-25-21(27)18-11-6-15(2)12-19(18)22(25)28/h6-12H,5,13-14H2,1-4H3. The van der Waals surface area contributed by atoms with Crippen LogP contribution in [0, 0.1) is 6.92 Å². The van der Waals surface area contributed by atoms with Gasteiger partial charge in [-0.25, -0.2) is 0 Å². The molecule has 0 N–H and O–H groups in total. The van der Waals surface area contributed by atoms with Crippen LogP contribution in [0.3, 0.4) is 0 Å². The van der Waals surface area contributed by atoms with Crippen LogP contribution in [0.15, 0.2) is 42.5 Å². The highest BCUT2D eigenvalue weighted by atomic mass is 16.2. The zero-order chi connectivity index (χ0) is 20.4. The van der Waals surface area contributed by atoms with Gasteiger partial charge >= 0.3 is 0 Å². The molecule has 2 aromatic carbocycles. The molecule has 0 aromatic heterocycles. The summed E-state index contributed by atoms with van der Waals surface area (Å²) in [6, 6.07) is 13.1. The summed E-state index contributed by atoms with van der Waals surface area (Å²) in [6.07, 6.45) is 0. The lowest BCUT2D eigenvalue weighted by atomic mass is 10.1. The molecule has 1 aliphatic rings. The van der Waals surface area contributed by atoms with Gasteiger partial charge in [0.15, 0.2) is 0 Å². The molecule has 146 valence electrons. The molecular weight excluding hydrogens is 354 g/mol. The Labute approximate surface area is 165 Å². The third-order valence-electron chi connectivity index (χ3n) is 4.98. The van der Waals surface area contributed by atoms with Gasteiger partial charge in [-0.3, -0.25) is 19.3 Å². The van der Waals surface area contributed by atoms with Gasteiger partial charge in [0, 0.05) is 32.9 Å². The smallest absolute Gasteiger partial charge is 0.262 e. The number of anilines is 1. The fourth-order valence-electron chi connectivity index (χ4n) is 3.28. The Morgan fingerprint density at radius 2 is 1.61 bits per heavy atom. The van der Waals surface area contributed by atoms with E-state index in [4.69, 9.17) is 0 Å². The molecule has 6 heteroatoms. The molecule has 0 fully saturated rings. The van der Waals surface area contributed by atoms with E-state index in [0.717, 1.165) is 21.7 Å². The van der Waals surface area contributed by atoms with Crippen LogP contribution in [0.1, 0.15) is 38.8 Å². The number of carbonyl (C=O) groups excluding carboxylic acids is 3. The lowest BCUT2D eigenvalue weighted by Crippen LogP contribution is -2.42. The first kappa shape index (κ1) is 19.6. The molecule has 0 atom stereocenters. The highest BCUT2D eigenvalue weighted by Crippen LogP contribution is 2.24. The summed E-state index contributed by atoms with van der Waals surface area (Å²) in [5.41, 5.74) is 3.73. The van der Waals surface area contributed by atoms with E-state index in [1.54, 1.807) is 23.1 Å². The van der Waals surface area contributed by atoms with Gasteiger partial charge in [-0.1, -0.05) is 23.8 Å². The Balaban J connectivity index is 1.70. The van der Waals surface area contributed by atoms with E-state index in [0.29, 0.717) is 24.2 Å². The predicted molar refractivity (Wildman–Crippen MR) is 108 cm³/mol. The lowest BCUT2D eigenvalue weighted by Gasteiger charge is -2.24. The molecule has 1 aliphatic heterocycles. The molecule has 2 aromatic rings. The second kappa shape index (κ2) is 7.84. The van der Waals surface area contributed by atoms with Crippen molar-refractivity contribution in [2.24, 2.45) is 0 Å². The zero-order valence-electron chi connectivity index (χ0n) is 16.7. The molecule has 3 rings (SSSR count). The van der Waals surface area contributed by atoms with Gasteiger partial charge in [-0.15, -0.1) is 0 Å². The first-order chi connectivity index (χ1) is 13.3. The Morgan fingerprint density at radius 1 is 0.964 bits per heavy atom. The maximum atomic E-state index is 12.8. The van der Waals surface area contributed by atoms with Crippen LogP contribution in [-0.4, -0.2) is 54.7 Å². The SMILES string of the molecule is CCN(Cc1ccc(N(C)C)cc1)C(=O)CN1C(=O)c2ccc(C)cc2C1=O. The van der Waals surface area contributed by atoms with Crippen molar-refractivity contribution in [1.82, 2.24) is 9.80 Å². The first-order valence-electron chi connectivity index (χ1n) is 9.32. The lowest BCUT2D eigenvalue weighted by molar-refractivity contribution is -0.131. The minimum atomic E-state index is -0.403. The number of benzene rings is 2. The fourth-order valence-corrected chi connectivity index (χ4v) is 3.28. The summed E-state index contributed by atoms with van der Waals surface area (Å²) in [5.74, 6) is -1.05. The summed E-state index contributed by atoms with van der Waals surface area (Å²) >= 11 is 0. The van der Waals surface area contributed by atoms with E-state index in [1.807, 2.05) is 57.1 Å². The third kappa shape index (κ3) is 3.76. The molecule has 0 saturated heterocycles. The number of imide groups is 1. The molecule has 3 amide bonds. The van der Waals surface area contributed by atoms with E-state index < -0.39 is 11.8 Å². The second-order valence-electron chi connectivity index (χ2n) is 7.21.